The van der Waals surface area contributed by atoms with Gasteiger partial charge in [-0.25, -0.2) is 0 Å². The minimum atomic E-state index is -1.13. The maximum Gasteiger partial charge on any atom is 0.311 e. The van der Waals surface area contributed by atoms with E-state index < -0.39 is 18.0 Å². The minimum absolute atomic E-state index is 0.0187. The molecule has 0 bridgehead atoms. The molecule has 0 fully saturated rings. The van der Waals surface area contributed by atoms with Crippen LogP contribution in [0.25, 0.3) is 11.0 Å². The molecule has 158 valence electrons. The SMILES string of the molecule is Cc1cc(NC(=O)C(OC(=O)Cc2coc3cc(C)c(C)cc23)c2ccccc2)no1. The van der Waals surface area contributed by atoms with E-state index in [1.807, 2.05) is 32.0 Å². The lowest BCUT2D eigenvalue weighted by Crippen LogP contribution is -2.26. The number of furan rings is 1. The molecule has 7 heteroatoms. The molecule has 2 heterocycles. The van der Waals surface area contributed by atoms with E-state index in [0.717, 1.165) is 16.5 Å². The summed E-state index contributed by atoms with van der Waals surface area (Å²) in [6, 6.07) is 14.4. The van der Waals surface area contributed by atoms with Gasteiger partial charge in [-0.05, 0) is 44.0 Å². The zero-order valence-electron chi connectivity index (χ0n) is 17.5. The topological polar surface area (TPSA) is 94.6 Å². The van der Waals surface area contributed by atoms with E-state index in [1.165, 1.54) is 0 Å². The van der Waals surface area contributed by atoms with Gasteiger partial charge >= 0.3 is 5.97 Å². The predicted molar refractivity (Wildman–Crippen MR) is 115 cm³/mol. The number of fused-ring (bicyclic) bond motifs is 1. The van der Waals surface area contributed by atoms with Gasteiger partial charge in [0, 0.05) is 22.6 Å². The fraction of sp³-hybridized carbons (Fsp3) is 0.208. The summed E-state index contributed by atoms with van der Waals surface area (Å²) in [5.41, 5.74) is 4.19. The van der Waals surface area contributed by atoms with Crippen molar-refractivity contribution in [3.05, 3.63) is 82.8 Å². The highest BCUT2D eigenvalue weighted by Crippen LogP contribution is 2.26. The van der Waals surface area contributed by atoms with E-state index in [2.05, 4.69) is 10.5 Å². The Hall–Kier alpha value is -3.87. The number of aryl methyl sites for hydroxylation is 3. The lowest BCUT2D eigenvalue weighted by Gasteiger charge is -2.17. The van der Waals surface area contributed by atoms with Crippen LogP contribution in [0.4, 0.5) is 5.82 Å². The normalized spacial score (nSPS) is 12.0. The second-order valence-corrected chi connectivity index (χ2v) is 7.46. The Morgan fingerprint density at radius 1 is 1.06 bits per heavy atom. The van der Waals surface area contributed by atoms with E-state index in [0.29, 0.717) is 22.5 Å². The average molecular weight is 418 g/mol. The van der Waals surface area contributed by atoms with Crippen LogP contribution in [0, 0.1) is 20.8 Å². The average Bonchev–Trinajstić information content (AvgIpc) is 3.33. The van der Waals surface area contributed by atoms with Crippen LogP contribution in [0.15, 0.2) is 63.7 Å². The van der Waals surface area contributed by atoms with Gasteiger partial charge in [0.25, 0.3) is 5.91 Å². The number of carbonyl (C=O) groups excluding carboxylic acids is 2. The third-order valence-corrected chi connectivity index (χ3v) is 5.07. The fourth-order valence-corrected chi connectivity index (χ4v) is 3.32. The van der Waals surface area contributed by atoms with Crippen LogP contribution in [-0.2, 0) is 20.7 Å². The third-order valence-electron chi connectivity index (χ3n) is 5.07. The van der Waals surface area contributed by atoms with E-state index in [-0.39, 0.29) is 12.2 Å². The van der Waals surface area contributed by atoms with Crippen molar-refractivity contribution in [1.29, 1.82) is 0 Å². The maximum atomic E-state index is 12.9. The second kappa shape index (κ2) is 8.47. The molecule has 0 spiro atoms. The molecule has 0 saturated heterocycles. The molecule has 7 nitrogen and oxygen atoms in total. The summed E-state index contributed by atoms with van der Waals surface area (Å²) in [6.45, 7) is 5.73. The van der Waals surface area contributed by atoms with Gasteiger partial charge in [-0.2, -0.15) is 0 Å². The molecule has 1 unspecified atom stereocenters. The summed E-state index contributed by atoms with van der Waals surface area (Å²) >= 11 is 0. The zero-order valence-corrected chi connectivity index (χ0v) is 17.5. The number of amides is 1. The number of aromatic nitrogens is 1. The molecule has 4 rings (SSSR count). The molecule has 4 aromatic rings. The predicted octanol–water partition coefficient (Wildman–Crippen LogP) is 4.81. The van der Waals surface area contributed by atoms with Crippen LogP contribution in [0.5, 0.6) is 0 Å². The molecule has 0 aliphatic carbocycles. The minimum Gasteiger partial charge on any atom is -0.464 e. The van der Waals surface area contributed by atoms with Crippen molar-refractivity contribution in [1.82, 2.24) is 5.16 Å². The molecule has 0 aliphatic rings. The van der Waals surface area contributed by atoms with Gasteiger partial charge in [-0.15, -0.1) is 0 Å². The molecule has 0 aliphatic heterocycles. The first-order chi connectivity index (χ1) is 14.9. The summed E-state index contributed by atoms with van der Waals surface area (Å²) in [5.74, 6) is -0.246. The van der Waals surface area contributed by atoms with Crippen LogP contribution < -0.4 is 5.32 Å². The monoisotopic (exact) mass is 418 g/mol. The lowest BCUT2D eigenvalue weighted by molar-refractivity contribution is -0.154. The smallest absolute Gasteiger partial charge is 0.311 e. The van der Waals surface area contributed by atoms with Crippen LogP contribution in [0.1, 0.15) is 34.1 Å². The summed E-state index contributed by atoms with van der Waals surface area (Å²) in [5, 5.41) is 7.25. The van der Waals surface area contributed by atoms with Crippen LogP contribution in [-0.4, -0.2) is 17.0 Å². The van der Waals surface area contributed by atoms with Gasteiger partial charge in [0.15, 0.2) is 5.82 Å². The maximum absolute atomic E-state index is 12.9. The second-order valence-electron chi connectivity index (χ2n) is 7.46. The van der Waals surface area contributed by atoms with Gasteiger partial charge in [0.1, 0.15) is 11.3 Å². The quantitative estimate of drug-likeness (QED) is 0.452. The molecule has 1 amide bonds. The first kappa shape index (κ1) is 20.4. The highest BCUT2D eigenvalue weighted by molar-refractivity contribution is 5.95. The molecule has 0 radical (unpaired) electrons. The zero-order chi connectivity index (χ0) is 22.0. The first-order valence-electron chi connectivity index (χ1n) is 9.86. The van der Waals surface area contributed by atoms with Crippen molar-refractivity contribution in [3.8, 4) is 0 Å². The Morgan fingerprint density at radius 2 is 1.81 bits per heavy atom. The van der Waals surface area contributed by atoms with Crippen LogP contribution in [0.2, 0.25) is 0 Å². The van der Waals surface area contributed by atoms with Gasteiger partial charge in [0.05, 0.1) is 12.7 Å². The summed E-state index contributed by atoms with van der Waals surface area (Å²) in [7, 11) is 0. The number of ether oxygens (including phenoxy) is 1. The van der Waals surface area contributed by atoms with Crippen molar-refractivity contribution >= 4 is 28.7 Å². The lowest BCUT2D eigenvalue weighted by atomic mass is 10.0. The Balaban J connectivity index is 1.54. The number of rotatable bonds is 6. The molecular formula is C24H22N2O5. The van der Waals surface area contributed by atoms with Crippen molar-refractivity contribution in [2.75, 3.05) is 5.32 Å². The fourth-order valence-electron chi connectivity index (χ4n) is 3.32. The van der Waals surface area contributed by atoms with E-state index in [9.17, 15) is 9.59 Å². The number of anilines is 1. The number of benzene rings is 2. The van der Waals surface area contributed by atoms with E-state index >= 15 is 0 Å². The number of hydrogen-bond donors (Lipinski definition) is 1. The van der Waals surface area contributed by atoms with Gasteiger partial charge in [-0.3, -0.25) is 9.59 Å². The third kappa shape index (κ3) is 4.50. The number of carbonyl (C=O) groups is 2. The standard InChI is InChI=1S/C24H22N2O5/c1-14-9-19-18(13-29-20(19)10-15(14)2)12-22(27)30-23(17-7-5-4-6-8-17)24(28)25-21-11-16(3)31-26-21/h4-11,13,23H,12H2,1-3H3,(H,25,26,28). The summed E-state index contributed by atoms with van der Waals surface area (Å²) in [6.07, 6.45) is 0.406. The van der Waals surface area contributed by atoms with Gasteiger partial charge in [-0.1, -0.05) is 35.5 Å². The van der Waals surface area contributed by atoms with Crippen LogP contribution >= 0.6 is 0 Å². The van der Waals surface area contributed by atoms with E-state index in [1.54, 1.807) is 43.5 Å². The van der Waals surface area contributed by atoms with Gasteiger partial charge in [0.2, 0.25) is 6.10 Å². The molecule has 2 aromatic heterocycles. The van der Waals surface area contributed by atoms with Gasteiger partial charge < -0.3 is 19.0 Å². The highest BCUT2D eigenvalue weighted by Gasteiger charge is 2.26. The highest BCUT2D eigenvalue weighted by atomic mass is 16.5. The Kier molecular flexibility index (Phi) is 5.58. The number of nitrogens with zero attached hydrogens (tertiary/aromatic N) is 1. The van der Waals surface area contributed by atoms with Crippen molar-refractivity contribution in [3.63, 3.8) is 0 Å². The Morgan fingerprint density at radius 3 is 2.52 bits per heavy atom. The Labute approximate surface area is 179 Å². The number of nitrogens with one attached hydrogen (secondary N) is 1. The Bertz CT molecular complexity index is 1240. The molecule has 2 aromatic carbocycles. The summed E-state index contributed by atoms with van der Waals surface area (Å²) < 4.78 is 16.2. The largest absolute Gasteiger partial charge is 0.464 e. The molecule has 31 heavy (non-hydrogen) atoms. The number of hydrogen-bond acceptors (Lipinski definition) is 6. The summed E-state index contributed by atoms with van der Waals surface area (Å²) in [4.78, 5) is 25.6. The molecular weight excluding hydrogens is 396 g/mol. The van der Waals surface area contributed by atoms with Crippen molar-refractivity contribution < 1.29 is 23.3 Å². The molecule has 1 atom stereocenters. The van der Waals surface area contributed by atoms with Crippen LogP contribution in [0.3, 0.4) is 0 Å². The van der Waals surface area contributed by atoms with Crippen molar-refractivity contribution in [2.45, 2.75) is 33.3 Å². The number of esters is 1. The van der Waals surface area contributed by atoms with Crippen molar-refractivity contribution in [2.24, 2.45) is 0 Å². The molecule has 0 saturated carbocycles. The van der Waals surface area contributed by atoms with E-state index in [4.69, 9.17) is 13.7 Å². The molecule has 1 N–H and O–H groups in total. The first-order valence-corrected chi connectivity index (χ1v) is 9.86.